The first-order valence-corrected chi connectivity index (χ1v) is 5.60. The Morgan fingerprint density at radius 2 is 2.00 bits per heavy atom. The van der Waals surface area contributed by atoms with E-state index in [4.69, 9.17) is 0 Å². The molecule has 2 nitrogen and oxygen atoms in total. The SMILES string of the molecule is CC(C)NCCC1CCN(C)CC1.[HH]. The van der Waals surface area contributed by atoms with Crippen LogP contribution in [0.1, 0.15) is 34.5 Å². The molecule has 2 heteroatoms. The van der Waals surface area contributed by atoms with Gasteiger partial charge in [0, 0.05) is 7.47 Å². The van der Waals surface area contributed by atoms with E-state index in [2.05, 4.69) is 31.1 Å². The van der Waals surface area contributed by atoms with Crippen LogP contribution >= 0.6 is 0 Å². The summed E-state index contributed by atoms with van der Waals surface area (Å²) in [6.45, 7) is 8.23. The van der Waals surface area contributed by atoms with Gasteiger partial charge < -0.3 is 10.2 Å². The van der Waals surface area contributed by atoms with Gasteiger partial charge in [0.05, 0.1) is 0 Å². The van der Waals surface area contributed by atoms with Gasteiger partial charge in [0.15, 0.2) is 0 Å². The summed E-state index contributed by atoms with van der Waals surface area (Å²) in [6, 6.07) is 0.645. The molecule has 0 aromatic rings. The summed E-state index contributed by atoms with van der Waals surface area (Å²) in [5.74, 6) is 0.974. The minimum atomic E-state index is 0. The Bertz CT molecular complexity index is 131. The van der Waals surface area contributed by atoms with Crippen LogP contribution in [0.25, 0.3) is 0 Å². The number of hydrogen-bond donors (Lipinski definition) is 1. The van der Waals surface area contributed by atoms with Crippen LogP contribution in [0.15, 0.2) is 0 Å². The summed E-state index contributed by atoms with van der Waals surface area (Å²) in [7, 11) is 2.22. The molecule has 0 atom stereocenters. The van der Waals surface area contributed by atoms with E-state index in [-0.39, 0.29) is 1.43 Å². The maximum absolute atomic E-state index is 3.49. The van der Waals surface area contributed by atoms with Crippen molar-refractivity contribution in [2.24, 2.45) is 5.92 Å². The predicted octanol–water partition coefficient (Wildman–Crippen LogP) is 1.96. The molecule has 80 valence electrons. The van der Waals surface area contributed by atoms with Gasteiger partial charge in [-0.05, 0) is 51.9 Å². The fourth-order valence-electron chi connectivity index (χ4n) is 1.93. The van der Waals surface area contributed by atoms with Gasteiger partial charge in [-0.15, -0.1) is 0 Å². The highest BCUT2D eigenvalue weighted by Crippen LogP contribution is 2.18. The third-order valence-corrected chi connectivity index (χ3v) is 2.94. The highest BCUT2D eigenvalue weighted by Gasteiger charge is 2.15. The van der Waals surface area contributed by atoms with Crippen LogP contribution in [0.2, 0.25) is 0 Å². The molecule has 1 rings (SSSR count). The van der Waals surface area contributed by atoms with Crippen LogP contribution < -0.4 is 5.32 Å². The van der Waals surface area contributed by atoms with Crippen LogP contribution in [0, 0.1) is 5.92 Å². The molecule has 0 aliphatic carbocycles. The Hall–Kier alpha value is -0.0800. The van der Waals surface area contributed by atoms with Gasteiger partial charge in [0.1, 0.15) is 0 Å². The standard InChI is InChI=1S/C11H24N2.H2/c1-10(2)12-7-4-11-5-8-13(3)9-6-11;/h10-12H,4-9H2,1-3H3;1H. The summed E-state index contributed by atoms with van der Waals surface area (Å²) in [5, 5.41) is 3.49. The first kappa shape index (κ1) is 11.0. The fraction of sp³-hybridized carbons (Fsp3) is 1.00. The normalized spacial score (nSPS) is 21.2. The van der Waals surface area contributed by atoms with Gasteiger partial charge in [-0.25, -0.2) is 0 Å². The zero-order valence-corrected chi connectivity index (χ0v) is 9.34. The highest BCUT2D eigenvalue weighted by atomic mass is 15.1. The Kier molecular flexibility index (Phi) is 4.74. The van der Waals surface area contributed by atoms with Gasteiger partial charge >= 0.3 is 0 Å². The molecule has 0 aromatic carbocycles. The minimum Gasteiger partial charge on any atom is -0.315 e. The molecule has 0 bridgehead atoms. The fourth-order valence-corrected chi connectivity index (χ4v) is 1.93. The van der Waals surface area contributed by atoms with Crippen LogP contribution in [-0.4, -0.2) is 37.6 Å². The summed E-state index contributed by atoms with van der Waals surface area (Å²) >= 11 is 0. The lowest BCUT2D eigenvalue weighted by atomic mass is 9.94. The Morgan fingerprint density at radius 1 is 1.38 bits per heavy atom. The third kappa shape index (κ3) is 4.63. The van der Waals surface area contributed by atoms with E-state index in [0.29, 0.717) is 6.04 Å². The van der Waals surface area contributed by atoms with Gasteiger partial charge in [-0.3, -0.25) is 0 Å². The second-order valence-corrected chi connectivity index (χ2v) is 4.64. The average Bonchev–Trinajstić information content (AvgIpc) is 2.08. The zero-order valence-electron chi connectivity index (χ0n) is 9.34. The van der Waals surface area contributed by atoms with E-state index in [0.717, 1.165) is 5.92 Å². The molecule has 1 fully saturated rings. The molecule has 1 aliphatic heterocycles. The summed E-state index contributed by atoms with van der Waals surface area (Å²) in [6.07, 6.45) is 4.17. The molecular weight excluding hydrogens is 160 g/mol. The number of nitrogens with zero attached hydrogens (tertiary/aromatic N) is 1. The molecule has 0 unspecified atom stereocenters. The van der Waals surface area contributed by atoms with E-state index in [9.17, 15) is 0 Å². The van der Waals surface area contributed by atoms with Crippen LogP contribution in [0.4, 0.5) is 0 Å². The lowest BCUT2D eigenvalue weighted by Crippen LogP contribution is -2.32. The van der Waals surface area contributed by atoms with Crippen molar-refractivity contribution in [3.05, 3.63) is 0 Å². The van der Waals surface area contributed by atoms with Crippen molar-refractivity contribution in [1.29, 1.82) is 0 Å². The number of hydrogen-bond acceptors (Lipinski definition) is 2. The highest BCUT2D eigenvalue weighted by molar-refractivity contribution is 4.70. The lowest BCUT2D eigenvalue weighted by Gasteiger charge is -2.29. The molecule has 1 N–H and O–H groups in total. The van der Waals surface area contributed by atoms with Crippen molar-refractivity contribution >= 4 is 0 Å². The molecule has 1 aliphatic rings. The number of likely N-dealkylation sites (tertiary alicyclic amines) is 1. The van der Waals surface area contributed by atoms with Gasteiger partial charge in [0.25, 0.3) is 0 Å². The molecule has 13 heavy (non-hydrogen) atoms. The van der Waals surface area contributed by atoms with Crippen molar-refractivity contribution < 1.29 is 1.43 Å². The maximum atomic E-state index is 3.49. The molecule has 1 saturated heterocycles. The van der Waals surface area contributed by atoms with E-state index in [1.807, 2.05) is 0 Å². The molecule has 0 amide bonds. The number of piperidine rings is 1. The molecule has 0 saturated carbocycles. The smallest absolute Gasteiger partial charge is 0.00103 e. The van der Waals surface area contributed by atoms with E-state index in [1.165, 1.54) is 38.9 Å². The van der Waals surface area contributed by atoms with E-state index >= 15 is 0 Å². The van der Waals surface area contributed by atoms with Crippen molar-refractivity contribution in [2.45, 2.75) is 39.2 Å². The molecule has 0 spiro atoms. The Morgan fingerprint density at radius 3 is 2.54 bits per heavy atom. The Balaban J connectivity index is 0.00000169. The van der Waals surface area contributed by atoms with Crippen molar-refractivity contribution in [3.8, 4) is 0 Å². The summed E-state index contributed by atoms with van der Waals surface area (Å²) in [4.78, 5) is 2.44. The quantitative estimate of drug-likeness (QED) is 0.722. The predicted molar refractivity (Wildman–Crippen MR) is 60.1 cm³/mol. The van der Waals surface area contributed by atoms with E-state index in [1.54, 1.807) is 0 Å². The second-order valence-electron chi connectivity index (χ2n) is 4.64. The lowest BCUT2D eigenvalue weighted by molar-refractivity contribution is 0.211. The summed E-state index contributed by atoms with van der Waals surface area (Å²) in [5.41, 5.74) is 0. The zero-order chi connectivity index (χ0) is 9.68. The topological polar surface area (TPSA) is 15.3 Å². The monoisotopic (exact) mass is 186 g/mol. The second kappa shape index (κ2) is 5.61. The molecule has 0 aromatic heterocycles. The largest absolute Gasteiger partial charge is 0.315 e. The molecular formula is C11H26N2. The molecule has 1 heterocycles. The van der Waals surface area contributed by atoms with Crippen LogP contribution in [0.3, 0.4) is 0 Å². The van der Waals surface area contributed by atoms with Gasteiger partial charge in [0.2, 0.25) is 0 Å². The molecule has 0 radical (unpaired) electrons. The van der Waals surface area contributed by atoms with E-state index < -0.39 is 0 Å². The minimum absolute atomic E-state index is 0. The van der Waals surface area contributed by atoms with Crippen molar-refractivity contribution in [3.63, 3.8) is 0 Å². The van der Waals surface area contributed by atoms with Gasteiger partial charge in [-0.2, -0.15) is 0 Å². The summed E-state index contributed by atoms with van der Waals surface area (Å²) < 4.78 is 0. The van der Waals surface area contributed by atoms with Crippen LogP contribution in [-0.2, 0) is 0 Å². The van der Waals surface area contributed by atoms with Gasteiger partial charge in [-0.1, -0.05) is 13.8 Å². The first-order valence-electron chi connectivity index (χ1n) is 5.60. The first-order chi connectivity index (χ1) is 6.18. The van der Waals surface area contributed by atoms with Crippen molar-refractivity contribution in [2.75, 3.05) is 26.7 Å². The number of nitrogens with one attached hydrogen (secondary N) is 1. The Labute approximate surface area is 84.2 Å². The van der Waals surface area contributed by atoms with Crippen molar-refractivity contribution in [1.82, 2.24) is 10.2 Å². The maximum Gasteiger partial charge on any atom is 0.00103 e. The average molecular weight is 186 g/mol. The number of rotatable bonds is 4. The third-order valence-electron chi connectivity index (χ3n) is 2.94. The van der Waals surface area contributed by atoms with Crippen LogP contribution in [0.5, 0.6) is 0 Å².